The Morgan fingerprint density at radius 1 is 1.08 bits per heavy atom. The zero-order chi connectivity index (χ0) is 19.0. The van der Waals surface area contributed by atoms with Gasteiger partial charge in [0.1, 0.15) is 12.6 Å². The van der Waals surface area contributed by atoms with Gasteiger partial charge >= 0.3 is 12.1 Å². The molecule has 1 unspecified atom stereocenters. The van der Waals surface area contributed by atoms with Crippen molar-refractivity contribution >= 4 is 24.7 Å². The van der Waals surface area contributed by atoms with Crippen LogP contribution in [0.1, 0.15) is 5.56 Å². The maximum atomic E-state index is 13.0. The van der Waals surface area contributed by atoms with Crippen molar-refractivity contribution in [3.8, 4) is 0 Å². The molecule has 2 rings (SSSR count). The molecule has 7 nitrogen and oxygen atoms in total. The van der Waals surface area contributed by atoms with Gasteiger partial charge in [-0.05, 0) is 17.7 Å². The minimum Gasteiger partial charge on any atom is -0.480 e. The minimum atomic E-state index is -3.45. The average Bonchev–Trinajstić information content (AvgIpc) is 2.67. The Bertz CT molecular complexity index is 781. The lowest BCUT2D eigenvalue weighted by Crippen LogP contribution is -2.44. The molecule has 0 radical (unpaired) electrons. The number of carbonyl (C=O) groups is 2. The van der Waals surface area contributed by atoms with Crippen molar-refractivity contribution < 1.29 is 28.5 Å². The van der Waals surface area contributed by atoms with Gasteiger partial charge < -0.3 is 19.7 Å². The van der Waals surface area contributed by atoms with Crippen LogP contribution in [0.4, 0.5) is 4.79 Å². The first kappa shape index (κ1) is 19.7. The van der Waals surface area contributed by atoms with Crippen LogP contribution >= 0.6 is 7.37 Å². The van der Waals surface area contributed by atoms with Crippen molar-refractivity contribution in [2.24, 2.45) is 0 Å². The normalized spacial score (nSPS) is 14.0. The number of carbonyl (C=O) groups excluding carboxylic acids is 1. The summed E-state index contributed by atoms with van der Waals surface area (Å²) in [5.41, 5.74) is 0.765. The number of amides is 1. The summed E-state index contributed by atoms with van der Waals surface area (Å²) in [6, 6.07) is 15.9. The molecule has 0 spiro atoms. The van der Waals surface area contributed by atoms with Gasteiger partial charge in [-0.25, -0.2) is 9.59 Å². The summed E-state index contributed by atoms with van der Waals surface area (Å²) in [5.74, 6) is -1.32. The van der Waals surface area contributed by atoms with Gasteiger partial charge in [0.15, 0.2) is 0 Å². The molecular weight excluding hydrogens is 357 g/mol. The van der Waals surface area contributed by atoms with Gasteiger partial charge in [0.25, 0.3) is 0 Å². The van der Waals surface area contributed by atoms with E-state index in [0.29, 0.717) is 5.30 Å². The van der Waals surface area contributed by atoms with Crippen LogP contribution in [0.5, 0.6) is 0 Å². The van der Waals surface area contributed by atoms with Crippen LogP contribution < -0.4 is 10.6 Å². The monoisotopic (exact) mass is 377 g/mol. The first-order chi connectivity index (χ1) is 12.4. The molecule has 0 aliphatic rings. The Morgan fingerprint density at radius 3 is 2.19 bits per heavy atom. The molecule has 0 aliphatic carbocycles. The first-order valence-corrected chi connectivity index (χ1v) is 9.66. The SMILES string of the molecule is COP(=O)(C[C@H](NC(=O)OCc1ccccc1)C(=O)O)c1ccccc1. The third-order valence-corrected chi connectivity index (χ3v) is 6.19. The van der Waals surface area contributed by atoms with Crippen LogP contribution in [0, 0.1) is 0 Å². The second kappa shape index (κ2) is 9.17. The topological polar surface area (TPSA) is 102 Å². The largest absolute Gasteiger partial charge is 0.480 e. The highest BCUT2D eigenvalue weighted by Crippen LogP contribution is 2.45. The number of hydrogen-bond acceptors (Lipinski definition) is 5. The highest BCUT2D eigenvalue weighted by atomic mass is 31.2. The molecule has 2 N–H and O–H groups in total. The molecule has 0 saturated heterocycles. The maximum Gasteiger partial charge on any atom is 0.408 e. The van der Waals surface area contributed by atoms with Gasteiger partial charge in [0.2, 0.25) is 7.37 Å². The Balaban J connectivity index is 2.02. The number of aliphatic carboxylic acids is 1. The van der Waals surface area contributed by atoms with E-state index in [1.807, 2.05) is 6.07 Å². The highest BCUT2D eigenvalue weighted by molar-refractivity contribution is 7.67. The van der Waals surface area contributed by atoms with Crippen LogP contribution in [0.3, 0.4) is 0 Å². The van der Waals surface area contributed by atoms with Crippen molar-refractivity contribution in [1.29, 1.82) is 0 Å². The fourth-order valence-corrected chi connectivity index (χ4v) is 4.20. The summed E-state index contributed by atoms with van der Waals surface area (Å²) in [6.45, 7) is -0.000361. The van der Waals surface area contributed by atoms with Gasteiger partial charge in [0, 0.05) is 12.4 Å². The van der Waals surface area contributed by atoms with Crippen LogP contribution in [0.2, 0.25) is 0 Å². The minimum absolute atomic E-state index is 0.000361. The zero-order valence-corrected chi connectivity index (χ0v) is 15.1. The molecule has 2 atom stereocenters. The lowest BCUT2D eigenvalue weighted by Gasteiger charge is -2.21. The molecule has 0 aliphatic heterocycles. The van der Waals surface area contributed by atoms with Gasteiger partial charge in [-0.2, -0.15) is 0 Å². The Hall–Kier alpha value is -2.63. The molecule has 0 fully saturated rings. The number of ether oxygens (including phenoxy) is 1. The van der Waals surface area contributed by atoms with Crippen LogP contribution in [0.25, 0.3) is 0 Å². The molecule has 0 heterocycles. The third kappa shape index (κ3) is 5.44. The predicted molar refractivity (Wildman–Crippen MR) is 96.7 cm³/mol. The van der Waals surface area contributed by atoms with E-state index in [2.05, 4.69) is 5.32 Å². The summed E-state index contributed by atoms with van der Waals surface area (Å²) in [7, 11) is -2.20. The second-order valence-electron chi connectivity index (χ2n) is 5.47. The van der Waals surface area contributed by atoms with E-state index in [1.165, 1.54) is 7.11 Å². The average molecular weight is 377 g/mol. The van der Waals surface area contributed by atoms with E-state index in [1.54, 1.807) is 54.6 Å². The fourth-order valence-electron chi connectivity index (χ4n) is 2.27. The summed E-state index contributed by atoms with van der Waals surface area (Å²) in [5, 5.41) is 12.0. The summed E-state index contributed by atoms with van der Waals surface area (Å²) >= 11 is 0. The molecule has 2 aromatic carbocycles. The molecular formula is C18H20NO6P. The van der Waals surface area contributed by atoms with E-state index in [4.69, 9.17) is 9.26 Å². The van der Waals surface area contributed by atoms with E-state index in [-0.39, 0.29) is 12.8 Å². The van der Waals surface area contributed by atoms with E-state index < -0.39 is 25.5 Å². The Labute approximate surface area is 151 Å². The van der Waals surface area contributed by atoms with Crippen LogP contribution in [0.15, 0.2) is 60.7 Å². The second-order valence-corrected chi connectivity index (χ2v) is 8.06. The third-order valence-electron chi connectivity index (χ3n) is 3.67. The maximum absolute atomic E-state index is 13.0. The van der Waals surface area contributed by atoms with Crippen LogP contribution in [-0.4, -0.2) is 36.5 Å². The van der Waals surface area contributed by atoms with Crippen LogP contribution in [-0.2, 0) is 25.2 Å². The lowest BCUT2D eigenvalue weighted by atomic mass is 10.2. The van der Waals surface area contributed by atoms with Gasteiger partial charge in [-0.1, -0.05) is 48.5 Å². The van der Waals surface area contributed by atoms with E-state index in [0.717, 1.165) is 5.56 Å². The van der Waals surface area contributed by atoms with Crippen molar-refractivity contribution in [2.75, 3.05) is 13.3 Å². The molecule has 0 saturated carbocycles. The van der Waals surface area contributed by atoms with Crippen molar-refractivity contribution in [1.82, 2.24) is 5.32 Å². The first-order valence-electron chi connectivity index (χ1n) is 7.85. The zero-order valence-electron chi connectivity index (χ0n) is 14.2. The fraction of sp³-hybridized carbons (Fsp3) is 0.222. The molecule has 8 heteroatoms. The number of rotatable bonds is 8. The number of hydrogen-bond donors (Lipinski definition) is 2. The number of carboxylic acids is 1. The molecule has 0 bridgehead atoms. The molecule has 1 amide bonds. The smallest absolute Gasteiger partial charge is 0.408 e. The van der Waals surface area contributed by atoms with Gasteiger partial charge in [-0.15, -0.1) is 0 Å². The Morgan fingerprint density at radius 2 is 1.65 bits per heavy atom. The number of benzene rings is 2. The highest BCUT2D eigenvalue weighted by Gasteiger charge is 2.33. The Kier molecular flexibility index (Phi) is 6.95. The van der Waals surface area contributed by atoms with Crippen molar-refractivity contribution in [3.63, 3.8) is 0 Å². The van der Waals surface area contributed by atoms with Gasteiger partial charge in [0.05, 0.1) is 6.16 Å². The summed E-state index contributed by atoms with van der Waals surface area (Å²) in [4.78, 5) is 23.4. The lowest BCUT2D eigenvalue weighted by molar-refractivity contribution is -0.138. The molecule has 26 heavy (non-hydrogen) atoms. The number of nitrogens with one attached hydrogen (secondary N) is 1. The summed E-state index contributed by atoms with van der Waals surface area (Å²) in [6.07, 6.45) is -1.29. The number of alkyl carbamates (subject to hydrolysis) is 1. The standard InChI is InChI=1S/C18H20NO6P/c1-24-26(23,15-10-6-3-7-11-15)13-16(17(20)21)19-18(22)25-12-14-8-4-2-5-9-14/h2-11,16H,12-13H2,1H3,(H,19,22)(H,20,21)/t16-,26?/m0/s1. The van der Waals surface area contributed by atoms with Crippen molar-refractivity contribution in [3.05, 3.63) is 66.2 Å². The van der Waals surface area contributed by atoms with Gasteiger partial charge in [-0.3, -0.25) is 4.57 Å². The summed E-state index contributed by atoms with van der Waals surface area (Å²) < 4.78 is 23.1. The quantitative estimate of drug-likeness (QED) is 0.686. The predicted octanol–water partition coefficient (Wildman–Crippen LogP) is 2.62. The molecule has 2 aromatic rings. The van der Waals surface area contributed by atoms with Crippen molar-refractivity contribution in [2.45, 2.75) is 12.6 Å². The molecule has 138 valence electrons. The number of carboxylic acid groups (broad SMARTS) is 1. The van der Waals surface area contributed by atoms with E-state index >= 15 is 0 Å². The van der Waals surface area contributed by atoms with E-state index in [9.17, 15) is 19.3 Å². The molecule has 0 aromatic heterocycles.